The Morgan fingerprint density at radius 2 is 2.04 bits per heavy atom. The highest BCUT2D eigenvalue weighted by molar-refractivity contribution is 7.15. The highest BCUT2D eigenvalue weighted by atomic mass is 32.1. The standard InChI is InChI=1S/C16H17F2N3OS/c1-9-6-11(13(18)7-12(9)17)15(22)21-16-20-8-14(23-16)10-2-4-19-5-3-10/h6-8,10,19H,2-5H2,1H3,(H,20,21,22). The highest BCUT2D eigenvalue weighted by Gasteiger charge is 2.20. The fourth-order valence-electron chi connectivity index (χ4n) is 2.64. The molecule has 1 saturated heterocycles. The molecule has 1 amide bonds. The van der Waals surface area contributed by atoms with Gasteiger partial charge in [-0.1, -0.05) is 0 Å². The minimum Gasteiger partial charge on any atom is -0.317 e. The van der Waals surface area contributed by atoms with Gasteiger partial charge < -0.3 is 5.32 Å². The number of amides is 1. The van der Waals surface area contributed by atoms with Crippen LogP contribution in [0.5, 0.6) is 0 Å². The van der Waals surface area contributed by atoms with Crippen molar-refractivity contribution in [3.8, 4) is 0 Å². The van der Waals surface area contributed by atoms with Crippen molar-refractivity contribution in [2.45, 2.75) is 25.7 Å². The van der Waals surface area contributed by atoms with E-state index in [1.807, 2.05) is 0 Å². The van der Waals surface area contributed by atoms with Gasteiger partial charge in [0.25, 0.3) is 5.91 Å². The maximum atomic E-state index is 13.8. The molecule has 2 aromatic rings. The SMILES string of the molecule is Cc1cc(C(=O)Nc2ncc(C3CCNCC3)s2)c(F)cc1F. The molecule has 1 aliphatic heterocycles. The van der Waals surface area contributed by atoms with Crippen molar-refractivity contribution in [3.63, 3.8) is 0 Å². The third-order valence-corrected chi connectivity index (χ3v) is 5.05. The summed E-state index contributed by atoms with van der Waals surface area (Å²) >= 11 is 1.41. The number of hydrogen-bond acceptors (Lipinski definition) is 4. The molecule has 1 fully saturated rings. The Bertz CT molecular complexity index is 726. The zero-order valence-electron chi connectivity index (χ0n) is 12.7. The van der Waals surface area contributed by atoms with Crippen molar-refractivity contribution in [2.24, 2.45) is 0 Å². The average Bonchev–Trinajstić information content (AvgIpc) is 3.00. The van der Waals surface area contributed by atoms with Crippen LogP contribution in [0.3, 0.4) is 0 Å². The summed E-state index contributed by atoms with van der Waals surface area (Å²) in [7, 11) is 0. The van der Waals surface area contributed by atoms with E-state index in [0.29, 0.717) is 11.0 Å². The molecule has 0 bridgehead atoms. The molecular weight excluding hydrogens is 320 g/mol. The number of benzene rings is 1. The van der Waals surface area contributed by atoms with E-state index in [-0.39, 0.29) is 11.1 Å². The summed E-state index contributed by atoms with van der Waals surface area (Å²) in [5.74, 6) is -1.71. The second kappa shape index (κ2) is 6.72. The first-order valence-corrected chi connectivity index (χ1v) is 8.29. The van der Waals surface area contributed by atoms with Crippen molar-refractivity contribution >= 4 is 22.4 Å². The summed E-state index contributed by atoms with van der Waals surface area (Å²) in [5.41, 5.74) is 0.0496. The lowest BCUT2D eigenvalue weighted by molar-refractivity contribution is 0.102. The van der Waals surface area contributed by atoms with Crippen molar-refractivity contribution in [3.05, 3.63) is 46.0 Å². The maximum Gasteiger partial charge on any atom is 0.260 e. The first kappa shape index (κ1) is 16.0. The van der Waals surface area contributed by atoms with Gasteiger partial charge in [-0.25, -0.2) is 13.8 Å². The molecule has 1 aromatic carbocycles. The predicted octanol–water partition coefficient (Wildman–Crippen LogP) is 3.45. The topological polar surface area (TPSA) is 54.0 Å². The lowest BCUT2D eigenvalue weighted by atomic mass is 9.97. The van der Waals surface area contributed by atoms with Crippen LogP contribution in [0, 0.1) is 18.6 Å². The van der Waals surface area contributed by atoms with Crippen LogP contribution in [0.4, 0.5) is 13.9 Å². The van der Waals surface area contributed by atoms with Gasteiger partial charge in [0.2, 0.25) is 0 Å². The molecule has 7 heteroatoms. The van der Waals surface area contributed by atoms with Crippen LogP contribution in [0.2, 0.25) is 0 Å². The van der Waals surface area contributed by atoms with E-state index in [2.05, 4.69) is 15.6 Å². The van der Waals surface area contributed by atoms with Crippen molar-refractivity contribution in [1.82, 2.24) is 10.3 Å². The first-order valence-electron chi connectivity index (χ1n) is 7.48. The number of nitrogens with one attached hydrogen (secondary N) is 2. The Labute approximate surface area is 136 Å². The summed E-state index contributed by atoms with van der Waals surface area (Å²) in [5, 5.41) is 6.33. The summed E-state index contributed by atoms with van der Waals surface area (Å²) in [6.07, 6.45) is 3.85. The fraction of sp³-hybridized carbons (Fsp3) is 0.375. The van der Waals surface area contributed by atoms with Crippen LogP contribution < -0.4 is 10.6 Å². The minimum atomic E-state index is -0.874. The third kappa shape index (κ3) is 3.56. The molecule has 4 nitrogen and oxygen atoms in total. The summed E-state index contributed by atoms with van der Waals surface area (Å²) in [6.45, 7) is 3.44. The molecule has 0 spiro atoms. The molecule has 0 unspecified atom stereocenters. The number of hydrogen-bond donors (Lipinski definition) is 2. The summed E-state index contributed by atoms with van der Waals surface area (Å²) in [4.78, 5) is 17.5. The van der Waals surface area contributed by atoms with Crippen molar-refractivity contribution < 1.29 is 13.6 Å². The third-order valence-electron chi connectivity index (χ3n) is 3.98. The van der Waals surface area contributed by atoms with E-state index >= 15 is 0 Å². The molecule has 0 atom stereocenters. The minimum absolute atomic E-state index is 0.178. The Kier molecular flexibility index (Phi) is 4.68. The van der Waals surface area contributed by atoms with Crippen molar-refractivity contribution in [1.29, 1.82) is 0 Å². The molecular formula is C16H17F2N3OS. The van der Waals surface area contributed by atoms with Crippen LogP contribution >= 0.6 is 11.3 Å². The monoisotopic (exact) mass is 337 g/mol. The van der Waals surface area contributed by atoms with Crippen molar-refractivity contribution in [2.75, 3.05) is 18.4 Å². The smallest absolute Gasteiger partial charge is 0.260 e. The van der Waals surface area contributed by atoms with E-state index in [4.69, 9.17) is 0 Å². The average molecular weight is 337 g/mol. The molecule has 1 aliphatic rings. The Hall–Kier alpha value is -1.86. The quantitative estimate of drug-likeness (QED) is 0.902. The van der Waals surface area contributed by atoms with E-state index < -0.39 is 17.5 Å². The Balaban J connectivity index is 1.73. The van der Waals surface area contributed by atoms with Crippen LogP contribution in [-0.4, -0.2) is 24.0 Å². The van der Waals surface area contributed by atoms with E-state index in [0.717, 1.165) is 36.9 Å². The number of nitrogens with zero attached hydrogens (tertiary/aromatic N) is 1. The lowest BCUT2D eigenvalue weighted by Crippen LogP contribution is -2.26. The van der Waals surface area contributed by atoms with Crippen LogP contribution in [-0.2, 0) is 0 Å². The first-order chi connectivity index (χ1) is 11.0. The molecule has 3 rings (SSSR count). The van der Waals surface area contributed by atoms with Gasteiger partial charge in [-0.3, -0.25) is 10.1 Å². The number of piperidine rings is 1. The molecule has 122 valence electrons. The molecule has 23 heavy (non-hydrogen) atoms. The van der Waals surface area contributed by atoms with Gasteiger partial charge in [0, 0.05) is 17.1 Å². The van der Waals surface area contributed by atoms with Gasteiger partial charge >= 0.3 is 0 Å². The maximum absolute atomic E-state index is 13.8. The molecule has 0 saturated carbocycles. The highest BCUT2D eigenvalue weighted by Crippen LogP contribution is 2.31. The number of carbonyl (C=O) groups is 1. The normalized spacial score (nSPS) is 15.6. The number of aromatic nitrogens is 1. The van der Waals surface area contributed by atoms with Gasteiger partial charge in [-0.2, -0.15) is 0 Å². The van der Waals surface area contributed by atoms with Gasteiger partial charge in [-0.15, -0.1) is 11.3 Å². The zero-order chi connectivity index (χ0) is 16.4. The second-order valence-corrected chi connectivity index (χ2v) is 6.69. The Morgan fingerprint density at radius 1 is 1.30 bits per heavy atom. The largest absolute Gasteiger partial charge is 0.317 e. The van der Waals surface area contributed by atoms with Gasteiger partial charge in [-0.05, 0) is 50.4 Å². The number of carbonyl (C=O) groups excluding carboxylic acids is 1. The van der Waals surface area contributed by atoms with Gasteiger partial charge in [0.1, 0.15) is 11.6 Å². The number of thiazole rings is 1. The number of halogens is 2. The summed E-state index contributed by atoms with van der Waals surface area (Å²) < 4.78 is 27.0. The van der Waals surface area contributed by atoms with Gasteiger partial charge in [0.05, 0.1) is 5.56 Å². The predicted molar refractivity (Wildman–Crippen MR) is 86.0 cm³/mol. The molecule has 0 aliphatic carbocycles. The Morgan fingerprint density at radius 3 is 2.78 bits per heavy atom. The lowest BCUT2D eigenvalue weighted by Gasteiger charge is -2.20. The van der Waals surface area contributed by atoms with Crippen LogP contribution in [0.25, 0.3) is 0 Å². The zero-order valence-corrected chi connectivity index (χ0v) is 13.5. The van der Waals surface area contributed by atoms with Gasteiger partial charge in [0.15, 0.2) is 5.13 Å². The summed E-state index contributed by atoms with van der Waals surface area (Å²) in [6, 6.07) is 1.94. The van der Waals surface area contributed by atoms with Crippen LogP contribution in [0.1, 0.15) is 39.6 Å². The second-order valence-electron chi connectivity index (χ2n) is 5.63. The van der Waals surface area contributed by atoms with E-state index in [1.165, 1.54) is 24.3 Å². The number of rotatable bonds is 3. The molecule has 0 radical (unpaired) electrons. The molecule has 2 N–H and O–H groups in total. The molecule has 2 heterocycles. The number of aryl methyl sites for hydroxylation is 1. The fourth-order valence-corrected chi connectivity index (χ4v) is 3.62. The van der Waals surface area contributed by atoms with E-state index in [9.17, 15) is 13.6 Å². The molecule has 1 aromatic heterocycles. The van der Waals surface area contributed by atoms with Crippen LogP contribution in [0.15, 0.2) is 18.3 Å². The number of anilines is 1. The van der Waals surface area contributed by atoms with E-state index in [1.54, 1.807) is 6.20 Å².